The van der Waals surface area contributed by atoms with Crippen LogP contribution in [0.3, 0.4) is 0 Å². The monoisotopic (exact) mass is 351 g/mol. The smallest absolute Gasteiger partial charge is 0.337 e. The number of hydrogen-bond donors (Lipinski definition) is 1. The van der Waals surface area contributed by atoms with Crippen LogP contribution >= 0.6 is 0 Å². The number of carboxylic acid groups (broad SMARTS) is 1. The number of aromatic carboxylic acids is 1. The molecule has 0 radical (unpaired) electrons. The largest absolute Gasteiger partial charge is 0.478 e. The number of anilines is 1. The molecule has 2 aromatic carbocycles. The highest BCUT2D eigenvalue weighted by molar-refractivity contribution is 7.92. The summed E-state index contributed by atoms with van der Waals surface area (Å²) in [7, 11) is -4.02. The molecule has 0 unspecified atom stereocenters. The fourth-order valence-electron chi connectivity index (χ4n) is 2.27. The summed E-state index contributed by atoms with van der Waals surface area (Å²) in [4.78, 5) is 11.5. The number of benzene rings is 2. The molecular formula is C17H18FNO4S. The standard InChI is InChI=1S/C17H18FNO4S/c1-12(2)11-19(24(22,23)14-6-4-3-5-7-14)16-10-13(18)8-9-15(16)17(20)21/h3-10,12H,11H2,1-2H3,(H,20,21). The topological polar surface area (TPSA) is 74.7 Å². The molecule has 0 aliphatic heterocycles. The zero-order valence-corrected chi connectivity index (χ0v) is 14.1. The van der Waals surface area contributed by atoms with Crippen LogP contribution in [-0.2, 0) is 10.0 Å². The van der Waals surface area contributed by atoms with Crippen LogP contribution in [0.4, 0.5) is 10.1 Å². The maximum atomic E-state index is 13.7. The number of carbonyl (C=O) groups is 1. The highest BCUT2D eigenvalue weighted by Gasteiger charge is 2.29. The van der Waals surface area contributed by atoms with Crippen molar-refractivity contribution in [3.8, 4) is 0 Å². The second-order valence-electron chi connectivity index (χ2n) is 5.71. The molecule has 2 rings (SSSR count). The first-order chi connectivity index (χ1) is 11.2. The number of rotatable bonds is 6. The average Bonchev–Trinajstić information content (AvgIpc) is 2.52. The van der Waals surface area contributed by atoms with Crippen molar-refractivity contribution in [1.82, 2.24) is 0 Å². The summed E-state index contributed by atoms with van der Waals surface area (Å²) < 4.78 is 40.6. The minimum Gasteiger partial charge on any atom is -0.478 e. The molecule has 1 N–H and O–H groups in total. The van der Waals surface area contributed by atoms with Gasteiger partial charge in [-0.15, -0.1) is 0 Å². The summed E-state index contributed by atoms with van der Waals surface area (Å²) in [6.07, 6.45) is 0. The Morgan fingerprint density at radius 3 is 2.33 bits per heavy atom. The van der Waals surface area contributed by atoms with Gasteiger partial charge in [0.15, 0.2) is 0 Å². The van der Waals surface area contributed by atoms with Crippen molar-refractivity contribution in [1.29, 1.82) is 0 Å². The first kappa shape index (κ1) is 17.9. The van der Waals surface area contributed by atoms with Crippen LogP contribution in [0.2, 0.25) is 0 Å². The van der Waals surface area contributed by atoms with Crippen LogP contribution < -0.4 is 4.31 Å². The molecule has 0 saturated carbocycles. The van der Waals surface area contributed by atoms with E-state index in [0.717, 1.165) is 22.5 Å². The van der Waals surface area contributed by atoms with Crippen LogP contribution in [0, 0.1) is 11.7 Å². The molecule has 0 aliphatic rings. The SMILES string of the molecule is CC(C)CN(c1cc(F)ccc1C(=O)O)S(=O)(=O)c1ccccc1. The Morgan fingerprint density at radius 2 is 1.79 bits per heavy atom. The number of hydrogen-bond acceptors (Lipinski definition) is 3. The first-order valence-corrected chi connectivity index (χ1v) is 8.78. The summed E-state index contributed by atoms with van der Waals surface area (Å²) in [5.41, 5.74) is -0.448. The Balaban J connectivity index is 2.67. The van der Waals surface area contributed by atoms with Gasteiger partial charge in [0.1, 0.15) is 5.82 Å². The molecule has 0 fully saturated rings. The quantitative estimate of drug-likeness (QED) is 0.866. The van der Waals surface area contributed by atoms with Crippen molar-refractivity contribution >= 4 is 21.7 Å². The predicted octanol–water partition coefficient (Wildman–Crippen LogP) is 3.38. The second kappa shape index (κ2) is 7.00. The zero-order chi connectivity index (χ0) is 17.9. The number of nitrogens with zero attached hydrogens (tertiary/aromatic N) is 1. The van der Waals surface area contributed by atoms with Gasteiger partial charge in [-0.1, -0.05) is 32.0 Å². The van der Waals surface area contributed by atoms with Crippen molar-refractivity contribution in [2.24, 2.45) is 5.92 Å². The van der Waals surface area contributed by atoms with Crippen LogP contribution in [0.5, 0.6) is 0 Å². The van der Waals surface area contributed by atoms with Gasteiger partial charge in [0.05, 0.1) is 16.1 Å². The Morgan fingerprint density at radius 1 is 1.17 bits per heavy atom. The average molecular weight is 351 g/mol. The molecule has 0 heterocycles. The molecule has 2 aromatic rings. The van der Waals surface area contributed by atoms with Gasteiger partial charge >= 0.3 is 5.97 Å². The van der Waals surface area contributed by atoms with Gasteiger partial charge in [-0.2, -0.15) is 0 Å². The summed E-state index contributed by atoms with van der Waals surface area (Å²) >= 11 is 0. The molecular weight excluding hydrogens is 333 g/mol. The minimum absolute atomic E-state index is 0.0197. The molecule has 0 bridgehead atoms. The maximum Gasteiger partial charge on any atom is 0.337 e. The van der Waals surface area contributed by atoms with Crippen LogP contribution in [0.1, 0.15) is 24.2 Å². The highest BCUT2D eigenvalue weighted by Crippen LogP contribution is 2.29. The summed E-state index contributed by atoms with van der Waals surface area (Å²) in [6, 6.07) is 10.7. The predicted molar refractivity (Wildman–Crippen MR) is 89.2 cm³/mol. The lowest BCUT2D eigenvalue weighted by molar-refractivity contribution is 0.0697. The van der Waals surface area contributed by atoms with E-state index in [9.17, 15) is 22.7 Å². The Hall–Kier alpha value is -2.41. The minimum atomic E-state index is -4.02. The van der Waals surface area contributed by atoms with E-state index in [1.807, 2.05) is 0 Å². The van der Waals surface area contributed by atoms with Gasteiger partial charge in [-0.3, -0.25) is 4.31 Å². The molecule has 7 heteroatoms. The summed E-state index contributed by atoms with van der Waals surface area (Å²) in [5.74, 6) is -2.11. The third kappa shape index (κ3) is 3.73. The first-order valence-electron chi connectivity index (χ1n) is 7.34. The van der Waals surface area contributed by atoms with E-state index in [1.54, 1.807) is 32.0 Å². The van der Waals surface area contributed by atoms with Gasteiger partial charge in [0.25, 0.3) is 10.0 Å². The third-order valence-corrected chi connectivity index (χ3v) is 5.11. The fourth-order valence-corrected chi connectivity index (χ4v) is 3.93. The lowest BCUT2D eigenvalue weighted by Crippen LogP contribution is -2.35. The molecule has 5 nitrogen and oxygen atoms in total. The lowest BCUT2D eigenvalue weighted by Gasteiger charge is -2.27. The molecule has 0 aliphatic carbocycles. The van der Waals surface area contributed by atoms with E-state index >= 15 is 0 Å². The van der Waals surface area contributed by atoms with Crippen molar-refractivity contribution < 1.29 is 22.7 Å². The molecule has 0 atom stereocenters. The summed E-state index contributed by atoms with van der Waals surface area (Å²) in [5, 5.41) is 9.33. The summed E-state index contributed by atoms with van der Waals surface area (Å²) in [6.45, 7) is 3.63. The van der Waals surface area contributed by atoms with Gasteiger partial charge in [0, 0.05) is 6.54 Å². The molecule has 24 heavy (non-hydrogen) atoms. The van der Waals surface area contributed by atoms with Gasteiger partial charge in [-0.05, 0) is 36.2 Å². The van der Waals surface area contributed by atoms with Crippen molar-refractivity contribution in [2.75, 3.05) is 10.8 Å². The van der Waals surface area contributed by atoms with Crippen molar-refractivity contribution in [2.45, 2.75) is 18.7 Å². The van der Waals surface area contributed by atoms with Crippen LogP contribution in [0.15, 0.2) is 53.4 Å². The number of halogens is 1. The lowest BCUT2D eigenvalue weighted by atomic mass is 10.1. The normalized spacial score (nSPS) is 11.5. The second-order valence-corrected chi connectivity index (χ2v) is 7.57. The molecule has 0 amide bonds. The van der Waals surface area contributed by atoms with E-state index in [-0.39, 0.29) is 28.6 Å². The Bertz CT molecular complexity index is 835. The Labute approximate surface area is 140 Å². The van der Waals surface area contributed by atoms with E-state index in [4.69, 9.17) is 0 Å². The van der Waals surface area contributed by atoms with Crippen LogP contribution in [-0.4, -0.2) is 26.0 Å². The van der Waals surface area contributed by atoms with E-state index < -0.39 is 21.8 Å². The van der Waals surface area contributed by atoms with Gasteiger partial charge < -0.3 is 5.11 Å². The van der Waals surface area contributed by atoms with E-state index in [1.165, 1.54) is 12.1 Å². The zero-order valence-electron chi connectivity index (χ0n) is 13.3. The molecule has 128 valence electrons. The van der Waals surface area contributed by atoms with E-state index in [2.05, 4.69) is 0 Å². The van der Waals surface area contributed by atoms with Gasteiger partial charge in [-0.25, -0.2) is 17.6 Å². The third-order valence-electron chi connectivity index (χ3n) is 3.32. The molecule has 0 spiro atoms. The van der Waals surface area contributed by atoms with Crippen molar-refractivity contribution in [3.63, 3.8) is 0 Å². The number of carboxylic acids is 1. The van der Waals surface area contributed by atoms with E-state index in [0.29, 0.717) is 0 Å². The maximum absolute atomic E-state index is 13.7. The van der Waals surface area contributed by atoms with Crippen molar-refractivity contribution in [3.05, 3.63) is 59.9 Å². The number of sulfonamides is 1. The highest BCUT2D eigenvalue weighted by atomic mass is 32.2. The Kier molecular flexibility index (Phi) is 5.23. The van der Waals surface area contributed by atoms with Gasteiger partial charge in [0.2, 0.25) is 0 Å². The van der Waals surface area contributed by atoms with Crippen LogP contribution in [0.25, 0.3) is 0 Å². The fraction of sp³-hybridized carbons (Fsp3) is 0.235. The molecule has 0 saturated heterocycles. The molecule has 0 aromatic heterocycles.